The molecule has 1 spiro atoms. The van der Waals surface area contributed by atoms with Crippen molar-refractivity contribution >= 4 is 40.6 Å². The van der Waals surface area contributed by atoms with Crippen LogP contribution in [0.5, 0.6) is 0 Å². The normalized spacial score (nSPS) is 23.5. The Kier molecular flexibility index (Phi) is 5.43. The van der Waals surface area contributed by atoms with Crippen LogP contribution in [0.3, 0.4) is 0 Å². The second kappa shape index (κ2) is 9.06. The number of pyridine rings is 1. The molecule has 3 aliphatic rings. The number of fused-ring (bicyclic) bond motifs is 6. The van der Waals surface area contributed by atoms with Crippen molar-refractivity contribution in [3.8, 4) is 0 Å². The van der Waals surface area contributed by atoms with E-state index in [2.05, 4.69) is 10.3 Å². The molecule has 9 heteroatoms. The lowest BCUT2D eigenvalue weighted by Crippen LogP contribution is -2.51. The van der Waals surface area contributed by atoms with Gasteiger partial charge in [-0.1, -0.05) is 48.6 Å². The highest BCUT2D eigenvalue weighted by atomic mass is 16.6. The van der Waals surface area contributed by atoms with Crippen LogP contribution in [0.15, 0.2) is 103 Å². The first-order valence-electron chi connectivity index (χ1n) is 13.1. The van der Waals surface area contributed by atoms with Crippen molar-refractivity contribution in [1.82, 2.24) is 4.98 Å². The van der Waals surface area contributed by atoms with Crippen molar-refractivity contribution in [2.45, 2.75) is 17.5 Å². The Balaban J connectivity index is 1.51. The average molecular weight is 543 g/mol. The first kappa shape index (κ1) is 24.6. The van der Waals surface area contributed by atoms with E-state index in [1.54, 1.807) is 18.2 Å². The molecule has 7 rings (SSSR count). The topological polar surface area (TPSA) is 123 Å². The van der Waals surface area contributed by atoms with Crippen LogP contribution in [0.4, 0.5) is 17.1 Å². The highest BCUT2D eigenvalue weighted by Crippen LogP contribution is 2.58. The van der Waals surface area contributed by atoms with Crippen LogP contribution in [0.2, 0.25) is 0 Å². The summed E-state index contributed by atoms with van der Waals surface area (Å²) in [6, 6.07) is 21.6. The summed E-state index contributed by atoms with van der Waals surface area (Å²) in [7, 11) is 0. The Labute approximate surface area is 234 Å². The number of hydrogen-bond acceptors (Lipinski definition) is 7. The summed E-state index contributed by atoms with van der Waals surface area (Å²) in [4.78, 5) is 60.1. The molecule has 0 unspecified atom stereocenters. The smallest absolute Gasteiger partial charge is 0.269 e. The van der Waals surface area contributed by atoms with E-state index in [-0.39, 0.29) is 22.9 Å². The molecule has 1 saturated heterocycles. The fraction of sp³-hybridized carbons (Fsp3) is 0.125. The first-order valence-corrected chi connectivity index (χ1v) is 13.1. The summed E-state index contributed by atoms with van der Waals surface area (Å²) in [5.74, 6) is -2.25. The summed E-state index contributed by atoms with van der Waals surface area (Å²) in [6.07, 6.45) is 6.85. The van der Waals surface area contributed by atoms with Gasteiger partial charge in [-0.3, -0.25) is 29.5 Å². The van der Waals surface area contributed by atoms with E-state index >= 15 is 0 Å². The maximum absolute atomic E-state index is 14.6. The molecule has 1 aromatic heterocycles. The number of aromatic nitrogens is 1. The number of anilines is 2. The molecule has 3 aromatic carbocycles. The number of non-ortho nitro benzene ring substituents is 1. The Morgan fingerprint density at radius 1 is 0.878 bits per heavy atom. The number of nitrogens with zero attached hydrogens (tertiary/aromatic N) is 3. The van der Waals surface area contributed by atoms with Gasteiger partial charge in [-0.2, -0.15) is 0 Å². The maximum Gasteiger partial charge on any atom is 0.269 e. The molecule has 41 heavy (non-hydrogen) atoms. The number of nitro groups is 1. The SMILES string of the molecule is O=C(c1ccc([N+](=O)[O-])cc1)[C@@H]1[C@H](C(=O)c2ccncc2)[C@]2(C(=O)Nc3ccccc32)[C@H]2C=Cc3ccccc3N12. The predicted octanol–water partition coefficient (Wildman–Crippen LogP) is 4.85. The van der Waals surface area contributed by atoms with Crippen molar-refractivity contribution in [3.63, 3.8) is 0 Å². The monoisotopic (exact) mass is 542 g/mol. The third-order valence-corrected chi connectivity index (χ3v) is 8.42. The van der Waals surface area contributed by atoms with E-state index in [9.17, 15) is 24.5 Å². The number of carbonyl (C=O) groups is 3. The Morgan fingerprint density at radius 3 is 2.32 bits per heavy atom. The van der Waals surface area contributed by atoms with Gasteiger partial charge in [0.15, 0.2) is 11.6 Å². The Morgan fingerprint density at radius 2 is 1.56 bits per heavy atom. The summed E-state index contributed by atoms with van der Waals surface area (Å²) >= 11 is 0. The molecule has 200 valence electrons. The first-order chi connectivity index (χ1) is 19.9. The molecule has 0 aliphatic carbocycles. The Bertz CT molecular complexity index is 1790. The van der Waals surface area contributed by atoms with E-state index < -0.39 is 34.1 Å². The molecule has 0 bridgehead atoms. The number of nitro benzene ring substituents is 1. The number of nitrogens with one attached hydrogen (secondary N) is 1. The van der Waals surface area contributed by atoms with Crippen molar-refractivity contribution in [2.24, 2.45) is 5.92 Å². The van der Waals surface area contributed by atoms with Crippen LogP contribution in [-0.4, -0.2) is 39.5 Å². The van der Waals surface area contributed by atoms with Gasteiger partial charge < -0.3 is 10.2 Å². The zero-order valence-corrected chi connectivity index (χ0v) is 21.5. The fourth-order valence-electron chi connectivity index (χ4n) is 6.73. The van der Waals surface area contributed by atoms with Crippen LogP contribution in [0, 0.1) is 16.0 Å². The highest BCUT2D eigenvalue weighted by molar-refractivity contribution is 6.18. The number of para-hydroxylation sites is 2. The quantitative estimate of drug-likeness (QED) is 0.217. The maximum atomic E-state index is 14.6. The van der Waals surface area contributed by atoms with Gasteiger partial charge in [0.25, 0.3) is 5.69 Å². The lowest BCUT2D eigenvalue weighted by Gasteiger charge is -2.37. The molecular weight excluding hydrogens is 520 g/mol. The van der Waals surface area contributed by atoms with Crippen LogP contribution in [-0.2, 0) is 10.2 Å². The van der Waals surface area contributed by atoms with E-state index in [1.807, 2.05) is 59.5 Å². The highest BCUT2D eigenvalue weighted by Gasteiger charge is 2.70. The third-order valence-electron chi connectivity index (χ3n) is 8.42. The van der Waals surface area contributed by atoms with Gasteiger partial charge in [0.1, 0.15) is 11.5 Å². The molecule has 3 aliphatic heterocycles. The predicted molar refractivity (Wildman–Crippen MR) is 152 cm³/mol. The zero-order chi connectivity index (χ0) is 28.3. The number of Topliss-reactive ketones (excluding diaryl/α,β-unsaturated/α-hetero) is 2. The minimum absolute atomic E-state index is 0.151. The number of ketones is 2. The van der Waals surface area contributed by atoms with Gasteiger partial charge in [-0.25, -0.2) is 0 Å². The van der Waals surface area contributed by atoms with Crippen LogP contribution in [0.25, 0.3) is 6.08 Å². The molecule has 4 aromatic rings. The molecule has 1 N–H and O–H groups in total. The standard InChI is InChI=1S/C32H22N4O5/c37-29(21-15-17-33-18-16-21)27-28(30(38)20-9-12-22(13-10-20)36(40)41)35-25-8-4-1-5-19(25)11-14-26(35)32(27)23-6-2-3-7-24(23)34-31(32)39/h1-18,26-28H,(H,34,39)/t26-,27-,28+,32-/m1/s1. The summed E-state index contributed by atoms with van der Waals surface area (Å²) in [6.45, 7) is 0. The van der Waals surface area contributed by atoms with E-state index in [0.717, 1.165) is 11.3 Å². The average Bonchev–Trinajstić information content (AvgIpc) is 3.49. The van der Waals surface area contributed by atoms with E-state index in [0.29, 0.717) is 16.8 Å². The van der Waals surface area contributed by atoms with Crippen molar-refractivity contribution in [1.29, 1.82) is 0 Å². The fourth-order valence-corrected chi connectivity index (χ4v) is 6.73. The lowest BCUT2D eigenvalue weighted by molar-refractivity contribution is -0.384. The number of carbonyl (C=O) groups excluding carboxylic acids is 3. The van der Waals surface area contributed by atoms with E-state index in [1.165, 1.54) is 36.7 Å². The largest absolute Gasteiger partial charge is 0.352 e. The van der Waals surface area contributed by atoms with Gasteiger partial charge >= 0.3 is 0 Å². The van der Waals surface area contributed by atoms with Crippen molar-refractivity contribution in [3.05, 3.63) is 136 Å². The Hall–Kier alpha value is -5.44. The molecule has 1 fully saturated rings. The molecule has 0 saturated carbocycles. The second-order valence-electron chi connectivity index (χ2n) is 10.3. The molecule has 1 amide bonds. The molecule has 9 nitrogen and oxygen atoms in total. The molecular formula is C32H22N4O5. The third kappa shape index (κ3) is 3.42. The van der Waals surface area contributed by atoms with Crippen LogP contribution in [0.1, 0.15) is 31.8 Å². The number of benzene rings is 3. The van der Waals surface area contributed by atoms with E-state index in [4.69, 9.17) is 0 Å². The summed E-state index contributed by atoms with van der Waals surface area (Å²) in [5.41, 5.74) is 1.79. The minimum Gasteiger partial charge on any atom is -0.352 e. The molecule has 0 radical (unpaired) electrons. The number of amides is 1. The van der Waals surface area contributed by atoms with Gasteiger partial charge in [0, 0.05) is 47.0 Å². The van der Waals surface area contributed by atoms with Gasteiger partial charge in [0.2, 0.25) is 5.91 Å². The van der Waals surface area contributed by atoms with Crippen molar-refractivity contribution < 1.29 is 19.3 Å². The van der Waals surface area contributed by atoms with Gasteiger partial charge in [0.05, 0.1) is 16.9 Å². The number of rotatable bonds is 5. The molecule has 4 atom stereocenters. The second-order valence-corrected chi connectivity index (χ2v) is 10.3. The molecule has 4 heterocycles. The summed E-state index contributed by atoms with van der Waals surface area (Å²) in [5, 5.41) is 14.3. The zero-order valence-electron chi connectivity index (χ0n) is 21.5. The van der Waals surface area contributed by atoms with Crippen LogP contribution < -0.4 is 10.2 Å². The summed E-state index contributed by atoms with van der Waals surface area (Å²) < 4.78 is 0. The minimum atomic E-state index is -1.43. The van der Waals surface area contributed by atoms with Crippen LogP contribution >= 0.6 is 0 Å². The van der Waals surface area contributed by atoms with Gasteiger partial charge in [-0.15, -0.1) is 0 Å². The van der Waals surface area contributed by atoms with Crippen molar-refractivity contribution in [2.75, 3.05) is 10.2 Å². The number of hydrogen-bond donors (Lipinski definition) is 1. The lowest BCUT2D eigenvalue weighted by atomic mass is 9.64. The van der Waals surface area contributed by atoms with Gasteiger partial charge in [-0.05, 0) is 47.5 Å².